The third-order valence-corrected chi connectivity index (χ3v) is 4.04. The lowest BCUT2D eigenvalue weighted by molar-refractivity contribution is -0.140. The zero-order valence-electron chi connectivity index (χ0n) is 19.6. The highest BCUT2D eigenvalue weighted by Gasteiger charge is 2.18. The number of esters is 2. The van der Waals surface area contributed by atoms with Crippen LogP contribution in [0.1, 0.15) is 40.5 Å². The van der Waals surface area contributed by atoms with Crippen LogP contribution < -0.4 is 0 Å². The quantitative estimate of drug-likeness (QED) is 0.160. The molecule has 0 aromatic rings. The first-order valence-corrected chi connectivity index (χ1v) is 10.6. The van der Waals surface area contributed by atoms with E-state index in [-0.39, 0.29) is 50.7 Å². The van der Waals surface area contributed by atoms with Gasteiger partial charge in [0, 0.05) is 24.2 Å². The maximum atomic E-state index is 12.1. The molecule has 0 aromatic heterocycles. The Kier molecular flexibility index (Phi) is 15.0. The molecule has 0 saturated carbocycles. The fraction of sp³-hybridized carbons (Fsp3) is 0.636. The van der Waals surface area contributed by atoms with Crippen molar-refractivity contribution < 1.29 is 38.1 Å². The molecule has 0 saturated heterocycles. The van der Waals surface area contributed by atoms with Gasteiger partial charge in [-0.05, 0) is 40.5 Å². The Morgan fingerprint density at radius 3 is 1.25 bits per heavy atom. The van der Waals surface area contributed by atoms with Gasteiger partial charge in [0.05, 0.1) is 26.3 Å². The van der Waals surface area contributed by atoms with Gasteiger partial charge in [-0.2, -0.15) is 0 Å². The lowest BCUT2D eigenvalue weighted by Gasteiger charge is -2.24. The first-order chi connectivity index (χ1) is 15.1. The topological polar surface area (TPSA) is 112 Å². The molecule has 0 bridgehead atoms. The minimum absolute atomic E-state index is 0.0214. The van der Waals surface area contributed by atoms with E-state index in [0.29, 0.717) is 25.9 Å². The highest BCUT2D eigenvalue weighted by Crippen LogP contribution is 2.04. The van der Waals surface area contributed by atoms with E-state index in [4.69, 9.17) is 18.9 Å². The molecule has 0 radical (unpaired) electrons. The standard InChI is InChI=1S/C22H36N2O8/c1-7-29-21(27)23(13-15-31-19(25)17(3)4)11-9-10-12-24(22(28)30-8-2)14-16-32-20(26)18(5)6/h3,5,7-16H2,1-2,4,6H3. The van der Waals surface area contributed by atoms with Crippen LogP contribution in [0.3, 0.4) is 0 Å². The second kappa shape index (κ2) is 16.6. The molecule has 0 atom stereocenters. The molecule has 0 spiro atoms. The molecule has 0 aromatic carbocycles. The predicted octanol–water partition coefficient (Wildman–Crippen LogP) is 2.92. The van der Waals surface area contributed by atoms with Crippen LogP contribution in [0.25, 0.3) is 0 Å². The van der Waals surface area contributed by atoms with E-state index in [9.17, 15) is 19.2 Å². The van der Waals surface area contributed by atoms with Crippen LogP contribution in [-0.4, -0.2) is 86.5 Å². The van der Waals surface area contributed by atoms with Crippen LogP contribution in [0.15, 0.2) is 24.3 Å². The van der Waals surface area contributed by atoms with Crippen LogP contribution in [-0.2, 0) is 28.5 Å². The van der Waals surface area contributed by atoms with Crippen LogP contribution in [0, 0.1) is 0 Å². The molecule has 0 fully saturated rings. The van der Waals surface area contributed by atoms with Gasteiger partial charge in [0.2, 0.25) is 0 Å². The SMILES string of the molecule is C=C(C)C(=O)OCCN(CCCCN(CCOC(=O)C(=C)C)C(=O)OCC)C(=O)OCC. The Morgan fingerprint density at radius 2 is 0.969 bits per heavy atom. The van der Waals surface area contributed by atoms with Crippen molar-refractivity contribution in [2.75, 3.05) is 52.6 Å². The zero-order valence-corrected chi connectivity index (χ0v) is 19.6. The van der Waals surface area contributed by atoms with Gasteiger partial charge in [0.15, 0.2) is 0 Å². The highest BCUT2D eigenvalue weighted by molar-refractivity contribution is 5.87. The molecule has 0 aliphatic rings. The van der Waals surface area contributed by atoms with Crippen molar-refractivity contribution >= 4 is 24.1 Å². The molecular formula is C22H36N2O8. The first-order valence-electron chi connectivity index (χ1n) is 10.6. The van der Waals surface area contributed by atoms with E-state index in [1.165, 1.54) is 9.80 Å². The summed E-state index contributed by atoms with van der Waals surface area (Å²) in [5.74, 6) is -1.04. The van der Waals surface area contributed by atoms with E-state index in [2.05, 4.69) is 13.2 Å². The van der Waals surface area contributed by atoms with E-state index < -0.39 is 24.1 Å². The summed E-state index contributed by atoms with van der Waals surface area (Å²) in [6.07, 6.45) is 0.115. The molecule has 182 valence electrons. The summed E-state index contributed by atoms with van der Waals surface area (Å²) in [7, 11) is 0. The molecule has 2 amide bonds. The second-order valence-electron chi connectivity index (χ2n) is 6.91. The van der Waals surface area contributed by atoms with Crippen LogP contribution in [0.2, 0.25) is 0 Å². The van der Waals surface area contributed by atoms with Gasteiger partial charge >= 0.3 is 24.1 Å². The molecule has 0 unspecified atom stereocenters. The Labute approximate surface area is 190 Å². The molecule has 0 heterocycles. The molecule has 0 aliphatic carbocycles. The smallest absolute Gasteiger partial charge is 0.409 e. The van der Waals surface area contributed by atoms with E-state index in [1.807, 2.05) is 0 Å². The molecule has 10 heteroatoms. The van der Waals surface area contributed by atoms with Crippen molar-refractivity contribution in [3.8, 4) is 0 Å². The number of amides is 2. The molecule has 0 rings (SSSR count). The lowest BCUT2D eigenvalue weighted by Crippen LogP contribution is -2.38. The highest BCUT2D eigenvalue weighted by atomic mass is 16.6. The molecule has 32 heavy (non-hydrogen) atoms. The maximum Gasteiger partial charge on any atom is 0.409 e. The number of carbonyl (C=O) groups excluding carboxylic acids is 4. The summed E-state index contributed by atoms with van der Waals surface area (Å²) >= 11 is 0. The predicted molar refractivity (Wildman–Crippen MR) is 118 cm³/mol. The minimum Gasteiger partial charge on any atom is -0.460 e. The monoisotopic (exact) mass is 456 g/mol. The first kappa shape index (κ1) is 29.0. The minimum atomic E-state index is -0.522. The van der Waals surface area contributed by atoms with Crippen LogP contribution in [0.5, 0.6) is 0 Å². The van der Waals surface area contributed by atoms with Gasteiger partial charge in [-0.3, -0.25) is 0 Å². The Hall–Kier alpha value is -3.04. The summed E-state index contributed by atoms with van der Waals surface area (Å²) in [5, 5.41) is 0. The van der Waals surface area contributed by atoms with Gasteiger partial charge < -0.3 is 28.7 Å². The van der Waals surface area contributed by atoms with Crippen molar-refractivity contribution in [2.45, 2.75) is 40.5 Å². The third kappa shape index (κ3) is 12.6. The lowest BCUT2D eigenvalue weighted by atomic mass is 10.2. The van der Waals surface area contributed by atoms with Crippen molar-refractivity contribution in [1.82, 2.24) is 9.80 Å². The number of nitrogens with zero attached hydrogens (tertiary/aromatic N) is 2. The van der Waals surface area contributed by atoms with Gasteiger partial charge in [-0.1, -0.05) is 13.2 Å². The summed E-state index contributed by atoms with van der Waals surface area (Å²) in [6, 6.07) is 0. The number of hydrogen-bond acceptors (Lipinski definition) is 8. The van der Waals surface area contributed by atoms with Crippen molar-refractivity contribution in [3.63, 3.8) is 0 Å². The van der Waals surface area contributed by atoms with Crippen LogP contribution >= 0.6 is 0 Å². The summed E-state index contributed by atoms with van der Waals surface area (Å²) in [6.45, 7) is 15.1. The number of carbonyl (C=O) groups is 4. The molecule has 10 nitrogen and oxygen atoms in total. The number of rotatable bonds is 15. The zero-order chi connectivity index (χ0) is 24.5. The summed E-state index contributed by atoms with van der Waals surface area (Å²) in [4.78, 5) is 50.2. The second-order valence-corrected chi connectivity index (χ2v) is 6.91. The molecular weight excluding hydrogens is 420 g/mol. The summed E-state index contributed by atoms with van der Waals surface area (Å²) in [5.41, 5.74) is 0.557. The molecule has 0 aliphatic heterocycles. The van der Waals surface area contributed by atoms with Crippen LogP contribution in [0.4, 0.5) is 9.59 Å². The van der Waals surface area contributed by atoms with E-state index in [1.54, 1.807) is 27.7 Å². The fourth-order valence-corrected chi connectivity index (χ4v) is 2.37. The Morgan fingerprint density at radius 1 is 0.625 bits per heavy atom. The largest absolute Gasteiger partial charge is 0.460 e. The third-order valence-electron chi connectivity index (χ3n) is 4.04. The van der Waals surface area contributed by atoms with Gasteiger partial charge in [0.1, 0.15) is 13.2 Å². The average Bonchev–Trinajstić information content (AvgIpc) is 2.73. The number of ether oxygens (including phenoxy) is 4. The molecule has 0 N–H and O–H groups in total. The number of hydrogen-bond donors (Lipinski definition) is 0. The van der Waals surface area contributed by atoms with Crippen molar-refractivity contribution in [2.24, 2.45) is 0 Å². The van der Waals surface area contributed by atoms with Crippen molar-refractivity contribution in [3.05, 3.63) is 24.3 Å². The van der Waals surface area contributed by atoms with E-state index in [0.717, 1.165) is 0 Å². The van der Waals surface area contributed by atoms with E-state index >= 15 is 0 Å². The fourth-order valence-electron chi connectivity index (χ4n) is 2.37. The van der Waals surface area contributed by atoms with Crippen molar-refractivity contribution in [1.29, 1.82) is 0 Å². The van der Waals surface area contributed by atoms with Gasteiger partial charge in [-0.15, -0.1) is 0 Å². The average molecular weight is 457 g/mol. The Balaban J connectivity index is 4.65. The van der Waals surface area contributed by atoms with Gasteiger partial charge in [0.25, 0.3) is 0 Å². The Bertz CT molecular complexity index is 606. The van der Waals surface area contributed by atoms with Gasteiger partial charge in [-0.25, -0.2) is 19.2 Å². The summed E-state index contributed by atoms with van der Waals surface area (Å²) < 4.78 is 20.2. The number of unbranched alkanes of at least 4 members (excludes halogenated alkanes) is 1. The maximum absolute atomic E-state index is 12.1. The normalized spacial score (nSPS) is 10.0.